The average molecular weight is 165 g/mol. The molecule has 0 aromatic rings. The zero-order valence-electron chi connectivity index (χ0n) is 6.39. The van der Waals surface area contributed by atoms with Crippen molar-refractivity contribution in [1.82, 2.24) is 4.31 Å². The number of thioether (sulfide) groups is 1. The highest BCUT2D eigenvalue weighted by atomic mass is 32.2. The van der Waals surface area contributed by atoms with Gasteiger partial charge in [-0.2, -0.15) is 11.8 Å². The molecule has 3 heteroatoms. The molecule has 0 spiro atoms. The minimum atomic E-state index is 1.24. The van der Waals surface area contributed by atoms with Crippen LogP contribution >= 0.6 is 23.7 Å². The molecule has 9 heavy (non-hydrogen) atoms. The van der Waals surface area contributed by atoms with Crippen molar-refractivity contribution in [2.24, 2.45) is 0 Å². The van der Waals surface area contributed by atoms with Crippen molar-refractivity contribution in [3.05, 3.63) is 0 Å². The summed E-state index contributed by atoms with van der Waals surface area (Å²) < 4.78 is 2.15. The van der Waals surface area contributed by atoms with Crippen molar-refractivity contribution in [2.45, 2.75) is 6.92 Å². The highest BCUT2D eigenvalue weighted by Crippen LogP contribution is 2.07. The maximum Gasteiger partial charge on any atom is 0.0172 e. The maximum absolute atomic E-state index is 2.20. The Labute approximate surface area is 66.7 Å². The van der Waals surface area contributed by atoms with Gasteiger partial charge in [-0.3, -0.25) is 4.31 Å². The van der Waals surface area contributed by atoms with E-state index in [1.807, 2.05) is 23.7 Å². The van der Waals surface area contributed by atoms with Gasteiger partial charge in [0, 0.05) is 11.5 Å². The molecule has 0 bridgehead atoms. The molecule has 0 rings (SSSR count). The summed E-state index contributed by atoms with van der Waals surface area (Å²) in [5.41, 5.74) is 0. The van der Waals surface area contributed by atoms with Crippen molar-refractivity contribution < 1.29 is 0 Å². The number of rotatable bonds is 5. The Morgan fingerprint density at radius 1 is 1.22 bits per heavy atom. The summed E-state index contributed by atoms with van der Waals surface area (Å²) in [5, 5.41) is 0. The smallest absolute Gasteiger partial charge is 0.0172 e. The van der Waals surface area contributed by atoms with Gasteiger partial charge in [0.15, 0.2) is 0 Å². The van der Waals surface area contributed by atoms with Gasteiger partial charge in [0.1, 0.15) is 0 Å². The predicted molar refractivity (Wildman–Crippen MR) is 49.1 cm³/mol. The summed E-state index contributed by atoms with van der Waals surface area (Å²) in [4.78, 5) is 0. The molecule has 0 fully saturated rings. The van der Waals surface area contributed by atoms with E-state index in [-0.39, 0.29) is 0 Å². The maximum atomic E-state index is 2.20. The first-order valence-electron chi connectivity index (χ1n) is 3.15. The zero-order valence-corrected chi connectivity index (χ0v) is 8.02. The fourth-order valence-corrected chi connectivity index (χ4v) is 1.85. The van der Waals surface area contributed by atoms with E-state index >= 15 is 0 Å². The van der Waals surface area contributed by atoms with E-state index in [1.165, 1.54) is 17.3 Å². The Morgan fingerprint density at radius 3 is 2.33 bits per heavy atom. The normalized spacial score (nSPS) is 10.7. The molecular formula is C6H15NS2. The van der Waals surface area contributed by atoms with Gasteiger partial charge in [-0.1, -0.05) is 18.9 Å². The topological polar surface area (TPSA) is 3.24 Å². The summed E-state index contributed by atoms with van der Waals surface area (Å²) in [6.45, 7) is 2.20. The van der Waals surface area contributed by atoms with E-state index in [0.29, 0.717) is 0 Å². The van der Waals surface area contributed by atoms with Crippen LogP contribution in [0.1, 0.15) is 6.92 Å². The lowest BCUT2D eigenvalue weighted by molar-refractivity contribution is 0.703. The largest absolute Gasteiger partial charge is 0.257 e. The molecule has 0 amide bonds. The van der Waals surface area contributed by atoms with Crippen molar-refractivity contribution in [3.8, 4) is 0 Å². The zero-order chi connectivity index (χ0) is 7.11. The Kier molecular flexibility index (Phi) is 7.27. The molecule has 0 heterocycles. The second-order valence-corrected chi connectivity index (χ2v) is 4.63. The standard InChI is InChI=1S/C6H15NS2/c1-4-8-5-6-9-7(2)3/h4-6H2,1-3H3. The third-order valence-electron chi connectivity index (χ3n) is 0.781. The Balaban J connectivity index is 2.75. The summed E-state index contributed by atoms with van der Waals surface area (Å²) in [6.07, 6.45) is 0. The molecule has 0 radical (unpaired) electrons. The van der Waals surface area contributed by atoms with Crippen LogP contribution in [0.3, 0.4) is 0 Å². The van der Waals surface area contributed by atoms with E-state index in [4.69, 9.17) is 0 Å². The molecule has 0 aromatic heterocycles. The first kappa shape index (κ1) is 9.66. The van der Waals surface area contributed by atoms with Gasteiger partial charge < -0.3 is 0 Å². The molecule has 56 valence electrons. The van der Waals surface area contributed by atoms with Crippen LogP contribution in [0.2, 0.25) is 0 Å². The summed E-state index contributed by atoms with van der Waals surface area (Å²) >= 11 is 3.89. The van der Waals surface area contributed by atoms with Gasteiger partial charge in [0.2, 0.25) is 0 Å². The van der Waals surface area contributed by atoms with Crippen LogP contribution < -0.4 is 0 Å². The van der Waals surface area contributed by atoms with E-state index in [0.717, 1.165) is 0 Å². The first-order chi connectivity index (χ1) is 4.27. The first-order valence-corrected chi connectivity index (χ1v) is 5.25. The summed E-state index contributed by atoms with van der Waals surface area (Å²) in [7, 11) is 4.17. The molecule has 0 saturated carbocycles. The van der Waals surface area contributed by atoms with Gasteiger partial charge in [-0.15, -0.1) is 0 Å². The van der Waals surface area contributed by atoms with Crippen molar-refractivity contribution in [2.75, 3.05) is 31.4 Å². The molecular weight excluding hydrogens is 150 g/mol. The lowest BCUT2D eigenvalue weighted by Gasteiger charge is -2.06. The molecule has 0 aliphatic carbocycles. The van der Waals surface area contributed by atoms with Crippen LogP contribution in [-0.4, -0.2) is 35.7 Å². The molecule has 0 aliphatic heterocycles. The number of hydrogen-bond donors (Lipinski definition) is 0. The minimum absolute atomic E-state index is 1.24. The van der Waals surface area contributed by atoms with Crippen molar-refractivity contribution >= 4 is 23.7 Å². The van der Waals surface area contributed by atoms with Crippen LogP contribution in [0.25, 0.3) is 0 Å². The number of nitrogens with zero attached hydrogens (tertiary/aromatic N) is 1. The molecule has 1 nitrogen and oxygen atoms in total. The molecule has 0 saturated heterocycles. The van der Waals surface area contributed by atoms with E-state index < -0.39 is 0 Å². The minimum Gasteiger partial charge on any atom is -0.257 e. The van der Waals surface area contributed by atoms with Gasteiger partial charge in [-0.05, 0) is 19.8 Å². The summed E-state index contributed by atoms with van der Waals surface area (Å²) in [6, 6.07) is 0. The Bertz CT molecular complexity index is 57.0. The van der Waals surface area contributed by atoms with Crippen LogP contribution in [-0.2, 0) is 0 Å². The Morgan fingerprint density at radius 2 is 1.89 bits per heavy atom. The summed E-state index contributed by atoms with van der Waals surface area (Å²) in [5.74, 6) is 3.76. The molecule has 0 N–H and O–H groups in total. The lowest BCUT2D eigenvalue weighted by Crippen LogP contribution is -2.01. The average Bonchev–Trinajstić information content (AvgIpc) is 1.80. The predicted octanol–water partition coefficient (Wildman–Crippen LogP) is 1.95. The molecule has 0 aliphatic rings. The Hall–Kier alpha value is 0.660. The van der Waals surface area contributed by atoms with Crippen molar-refractivity contribution in [1.29, 1.82) is 0 Å². The lowest BCUT2D eigenvalue weighted by atomic mass is 10.9. The number of hydrogen-bond acceptors (Lipinski definition) is 3. The quantitative estimate of drug-likeness (QED) is 0.453. The monoisotopic (exact) mass is 165 g/mol. The van der Waals surface area contributed by atoms with E-state index in [1.54, 1.807) is 0 Å². The fraction of sp³-hybridized carbons (Fsp3) is 1.00. The van der Waals surface area contributed by atoms with Crippen LogP contribution in [0, 0.1) is 0 Å². The third-order valence-corrected chi connectivity index (χ3v) is 2.84. The van der Waals surface area contributed by atoms with E-state index in [9.17, 15) is 0 Å². The molecule has 0 aromatic carbocycles. The molecule has 0 atom stereocenters. The van der Waals surface area contributed by atoms with Gasteiger partial charge in [0.05, 0.1) is 0 Å². The van der Waals surface area contributed by atoms with Crippen LogP contribution in [0.4, 0.5) is 0 Å². The fourth-order valence-electron chi connectivity index (χ4n) is 0.423. The second-order valence-electron chi connectivity index (χ2n) is 1.84. The highest BCUT2D eigenvalue weighted by Gasteiger charge is 1.89. The van der Waals surface area contributed by atoms with Gasteiger partial charge in [0.25, 0.3) is 0 Å². The van der Waals surface area contributed by atoms with Gasteiger partial charge >= 0.3 is 0 Å². The molecule has 0 unspecified atom stereocenters. The highest BCUT2D eigenvalue weighted by molar-refractivity contribution is 8.01. The van der Waals surface area contributed by atoms with Crippen LogP contribution in [0.15, 0.2) is 0 Å². The second kappa shape index (κ2) is 6.78. The van der Waals surface area contributed by atoms with Gasteiger partial charge in [-0.25, -0.2) is 0 Å². The van der Waals surface area contributed by atoms with E-state index in [2.05, 4.69) is 25.3 Å². The SMILES string of the molecule is CCSCCSN(C)C. The van der Waals surface area contributed by atoms with Crippen molar-refractivity contribution in [3.63, 3.8) is 0 Å². The van der Waals surface area contributed by atoms with Crippen LogP contribution in [0.5, 0.6) is 0 Å². The third kappa shape index (κ3) is 8.66.